The molecular weight excluding hydrogens is 228 g/mol. The van der Waals surface area contributed by atoms with E-state index in [1.807, 2.05) is 18.2 Å². The first-order valence-corrected chi connectivity index (χ1v) is 6.41. The number of methoxy groups -OCH3 is 1. The molecule has 1 aliphatic rings. The molecule has 0 saturated carbocycles. The van der Waals surface area contributed by atoms with Gasteiger partial charge in [0.2, 0.25) is 5.91 Å². The number of hydrogen-bond donors (Lipinski definition) is 2. The Morgan fingerprint density at radius 2 is 2.22 bits per heavy atom. The van der Waals surface area contributed by atoms with Gasteiger partial charge in [-0.15, -0.1) is 0 Å². The number of carbonyl (C=O) groups excluding carboxylic acids is 1. The van der Waals surface area contributed by atoms with E-state index in [2.05, 4.69) is 16.7 Å². The average Bonchev–Trinajstić information content (AvgIpc) is 2.61. The maximum Gasteiger partial charge on any atom is 0.220 e. The lowest BCUT2D eigenvalue weighted by atomic mass is 10.1. The first-order valence-electron chi connectivity index (χ1n) is 6.41. The predicted octanol–water partition coefficient (Wildman–Crippen LogP) is 1.45. The summed E-state index contributed by atoms with van der Waals surface area (Å²) < 4.78 is 5.32. The average molecular weight is 248 g/mol. The van der Waals surface area contributed by atoms with Gasteiger partial charge in [0.25, 0.3) is 0 Å². The van der Waals surface area contributed by atoms with E-state index in [4.69, 9.17) is 4.74 Å². The molecule has 1 aromatic carbocycles. The zero-order chi connectivity index (χ0) is 12.8. The van der Waals surface area contributed by atoms with Gasteiger partial charge >= 0.3 is 0 Å². The Morgan fingerprint density at radius 1 is 1.39 bits per heavy atom. The van der Waals surface area contributed by atoms with Crippen LogP contribution in [0.3, 0.4) is 0 Å². The van der Waals surface area contributed by atoms with Crippen LogP contribution in [0.4, 0.5) is 0 Å². The summed E-state index contributed by atoms with van der Waals surface area (Å²) in [5, 5.41) is 6.39. The van der Waals surface area contributed by atoms with Gasteiger partial charge in [-0.3, -0.25) is 4.79 Å². The molecule has 0 bridgehead atoms. The first kappa shape index (κ1) is 12.9. The van der Waals surface area contributed by atoms with Crippen LogP contribution in [0.2, 0.25) is 0 Å². The van der Waals surface area contributed by atoms with Crippen LogP contribution in [0.5, 0.6) is 5.75 Å². The van der Waals surface area contributed by atoms with E-state index in [1.165, 1.54) is 0 Å². The third-order valence-corrected chi connectivity index (χ3v) is 3.31. The number of amides is 1. The largest absolute Gasteiger partial charge is 0.496 e. The summed E-state index contributed by atoms with van der Waals surface area (Å²) >= 11 is 0. The molecule has 4 nitrogen and oxygen atoms in total. The van der Waals surface area contributed by atoms with Crippen molar-refractivity contribution < 1.29 is 9.53 Å². The van der Waals surface area contributed by atoms with Gasteiger partial charge in [0.05, 0.1) is 7.11 Å². The second kappa shape index (κ2) is 6.40. The molecule has 2 N–H and O–H groups in total. The molecule has 98 valence electrons. The van der Waals surface area contributed by atoms with Gasteiger partial charge in [-0.25, -0.2) is 0 Å². The molecule has 2 rings (SSSR count). The maximum absolute atomic E-state index is 11.2. The number of nitrogens with one attached hydrogen (secondary N) is 2. The van der Waals surface area contributed by atoms with E-state index in [-0.39, 0.29) is 5.91 Å². The van der Waals surface area contributed by atoms with Gasteiger partial charge < -0.3 is 15.4 Å². The van der Waals surface area contributed by atoms with Crippen LogP contribution >= 0.6 is 0 Å². The third-order valence-electron chi connectivity index (χ3n) is 3.31. The Labute approximate surface area is 108 Å². The molecule has 4 heteroatoms. The summed E-state index contributed by atoms with van der Waals surface area (Å²) in [7, 11) is 1.69. The lowest BCUT2D eigenvalue weighted by molar-refractivity contribution is -0.120. The normalized spacial score (nSPS) is 20.1. The molecule has 1 unspecified atom stereocenters. The van der Waals surface area contributed by atoms with Crippen LogP contribution in [-0.4, -0.2) is 25.6 Å². The molecular formula is C14H20N2O2. The number of rotatable bonds is 4. The molecule has 1 heterocycles. The number of benzene rings is 1. The summed E-state index contributed by atoms with van der Waals surface area (Å²) in [4.78, 5) is 11.2. The third kappa shape index (κ3) is 3.47. The summed E-state index contributed by atoms with van der Waals surface area (Å²) in [6.45, 7) is 1.55. The molecule has 1 atom stereocenters. The van der Waals surface area contributed by atoms with Crippen molar-refractivity contribution in [1.82, 2.24) is 10.6 Å². The zero-order valence-electron chi connectivity index (χ0n) is 10.7. The number of carbonyl (C=O) groups is 1. The minimum Gasteiger partial charge on any atom is -0.496 e. The zero-order valence-corrected chi connectivity index (χ0v) is 10.7. The van der Waals surface area contributed by atoms with Crippen LogP contribution in [0.1, 0.15) is 24.8 Å². The van der Waals surface area contributed by atoms with Crippen LogP contribution in [0.25, 0.3) is 0 Å². The fourth-order valence-corrected chi connectivity index (χ4v) is 2.23. The lowest BCUT2D eigenvalue weighted by Gasteiger charge is -2.16. The highest BCUT2D eigenvalue weighted by molar-refractivity contribution is 5.76. The predicted molar refractivity (Wildman–Crippen MR) is 70.5 cm³/mol. The van der Waals surface area contributed by atoms with Gasteiger partial charge in [0.1, 0.15) is 5.75 Å². The SMILES string of the molecule is COc1ccccc1CNC1CCNC(=O)CC1. The lowest BCUT2D eigenvalue weighted by Crippen LogP contribution is -2.29. The van der Waals surface area contributed by atoms with Crippen LogP contribution in [0.15, 0.2) is 24.3 Å². The van der Waals surface area contributed by atoms with E-state index < -0.39 is 0 Å². The molecule has 1 saturated heterocycles. The minimum absolute atomic E-state index is 0.164. The summed E-state index contributed by atoms with van der Waals surface area (Å²) in [6.07, 6.45) is 2.51. The van der Waals surface area contributed by atoms with E-state index >= 15 is 0 Å². The van der Waals surface area contributed by atoms with Gasteiger partial charge in [-0.1, -0.05) is 18.2 Å². The quantitative estimate of drug-likeness (QED) is 0.848. The van der Waals surface area contributed by atoms with Crippen molar-refractivity contribution in [3.63, 3.8) is 0 Å². The smallest absolute Gasteiger partial charge is 0.220 e. The summed E-state index contributed by atoms with van der Waals surface area (Å²) in [6, 6.07) is 8.41. The Kier molecular flexibility index (Phi) is 4.59. The van der Waals surface area contributed by atoms with Gasteiger partial charge in [-0.2, -0.15) is 0 Å². The van der Waals surface area contributed by atoms with E-state index in [9.17, 15) is 4.79 Å². The summed E-state index contributed by atoms with van der Waals surface area (Å²) in [5.74, 6) is 1.07. The molecule has 1 amide bonds. The van der Waals surface area contributed by atoms with Crippen molar-refractivity contribution in [3.05, 3.63) is 29.8 Å². The van der Waals surface area contributed by atoms with E-state index in [1.54, 1.807) is 7.11 Å². The fourth-order valence-electron chi connectivity index (χ4n) is 2.23. The van der Waals surface area contributed by atoms with Crippen molar-refractivity contribution in [2.75, 3.05) is 13.7 Å². The molecule has 1 aliphatic heterocycles. The van der Waals surface area contributed by atoms with Gasteiger partial charge in [-0.05, 0) is 18.9 Å². The van der Waals surface area contributed by atoms with Crippen molar-refractivity contribution in [3.8, 4) is 5.75 Å². The molecule has 18 heavy (non-hydrogen) atoms. The van der Waals surface area contributed by atoms with Crippen LogP contribution < -0.4 is 15.4 Å². The van der Waals surface area contributed by atoms with Crippen molar-refractivity contribution in [2.24, 2.45) is 0 Å². The highest BCUT2D eigenvalue weighted by atomic mass is 16.5. The van der Waals surface area contributed by atoms with Crippen molar-refractivity contribution in [2.45, 2.75) is 31.8 Å². The standard InChI is InChI=1S/C14H20N2O2/c1-18-13-5-3-2-4-11(13)10-16-12-6-7-14(17)15-9-8-12/h2-5,12,16H,6-10H2,1H3,(H,15,17). The Balaban J connectivity index is 1.88. The summed E-state index contributed by atoms with van der Waals surface area (Å²) in [5.41, 5.74) is 1.16. The van der Waals surface area contributed by atoms with Gasteiger partial charge in [0, 0.05) is 31.1 Å². The fraction of sp³-hybridized carbons (Fsp3) is 0.500. The van der Waals surface area contributed by atoms with Crippen molar-refractivity contribution >= 4 is 5.91 Å². The molecule has 0 spiro atoms. The van der Waals surface area contributed by atoms with Crippen LogP contribution in [0, 0.1) is 0 Å². The van der Waals surface area contributed by atoms with E-state index in [0.717, 1.165) is 37.2 Å². The Hall–Kier alpha value is -1.55. The highest BCUT2D eigenvalue weighted by Crippen LogP contribution is 2.17. The molecule has 0 aliphatic carbocycles. The Morgan fingerprint density at radius 3 is 3.06 bits per heavy atom. The molecule has 1 fully saturated rings. The molecule has 0 aromatic heterocycles. The van der Waals surface area contributed by atoms with Crippen molar-refractivity contribution in [1.29, 1.82) is 0 Å². The number of para-hydroxylation sites is 1. The topological polar surface area (TPSA) is 50.4 Å². The number of ether oxygens (including phenoxy) is 1. The monoisotopic (exact) mass is 248 g/mol. The second-order valence-electron chi connectivity index (χ2n) is 4.57. The second-order valence-corrected chi connectivity index (χ2v) is 4.57. The van der Waals surface area contributed by atoms with Crippen LogP contribution in [-0.2, 0) is 11.3 Å². The molecule has 1 aromatic rings. The number of hydrogen-bond acceptors (Lipinski definition) is 3. The van der Waals surface area contributed by atoms with E-state index in [0.29, 0.717) is 12.5 Å². The highest BCUT2D eigenvalue weighted by Gasteiger charge is 2.15. The van der Waals surface area contributed by atoms with Gasteiger partial charge in [0.15, 0.2) is 0 Å². The minimum atomic E-state index is 0.164. The molecule has 0 radical (unpaired) electrons. The Bertz CT molecular complexity index is 407. The first-order chi connectivity index (χ1) is 8.79. The maximum atomic E-state index is 11.2.